The molecule has 1 atom stereocenters. The topological polar surface area (TPSA) is 42.7 Å². The highest BCUT2D eigenvalue weighted by Crippen LogP contribution is 2.25. The first-order valence-electron chi connectivity index (χ1n) is 6.74. The summed E-state index contributed by atoms with van der Waals surface area (Å²) in [6, 6.07) is 7.27. The highest BCUT2D eigenvalue weighted by Gasteiger charge is 2.22. The molecule has 1 fully saturated rings. The van der Waals surface area contributed by atoms with Gasteiger partial charge in [-0.05, 0) is 13.0 Å². The van der Waals surface area contributed by atoms with Crippen LogP contribution >= 0.6 is 0 Å². The summed E-state index contributed by atoms with van der Waals surface area (Å²) in [5, 5.41) is 0.590. The quantitative estimate of drug-likeness (QED) is 0.842. The highest BCUT2D eigenvalue weighted by molar-refractivity contribution is 5.85. The lowest BCUT2D eigenvalue weighted by Gasteiger charge is -2.33. The van der Waals surface area contributed by atoms with Crippen molar-refractivity contribution < 1.29 is 9.15 Å². The van der Waals surface area contributed by atoms with Crippen molar-refractivity contribution in [2.24, 2.45) is 0 Å². The van der Waals surface area contributed by atoms with E-state index in [1.807, 2.05) is 12.1 Å². The third-order valence-electron chi connectivity index (χ3n) is 3.64. The largest absolute Gasteiger partial charge is 0.440 e. The molecule has 0 radical (unpaired) electrons. The molecule has 1 aliphatic heterocycles. The number of hydrogen-bond donors (Lipinski definition) is 0. The van der Waals surface area contributed by atoms with Gasteiger partial charge in [0.15, 0.2) is 11.3 Å². The Balaban J connectivity index is 2.17. The Kier molecular flexibility index (Phi) is 3.32. The van der Waals surface area contributed by atoms with Crippen molar-refractivity contribution in [2.45, 2.75) is 13.0 Å². The summed E-state index contributed by atoms with van der Waals surface area (Å²) in [7, 11) is 0. The van der Waals surface area contributed by atoms with Crippen molar-refractivity contribution in [3.05, 3.63) is 46.6 Å². The number of para-hydroxylation sites is 1. The number of morpholine rings is 1. The lowest BCUT2D eigenvalue weighted by atomic mass is 10.1. The van der Waals surface area contributed by atoms with Crippen molar-refractivity contribution >= 4 is 22.9 Å². The maximum atomic E-state index is 12.3. The summed E-state index contributed by atoms with van der Waals surface area (Å²) in [6.45, 7) is 7.85. The van der Waals surface area contributed by atoms with Crippen molar-refractivity contribution in [2.75, 3.05) is 24.7 Å². The lowest BCUT2D eigenvalue weighted by Crippen LogP contribution is -2.44. The van der Waals surface area contributed by atoms with Gasteiger partial charge in [0.2, 0.25) is 0 Å². The molecule has 2 aromatic rings. The Morgan fingerprint density at radius 2 is 2.30 bits per heavy atom. The summed E-state index contributed by atoms with van der Waals surface area (Å²) in [4.78, 5) is 14.3. The van der Waals surface area contributed by atoms with Crippen LogP contribution < -0.4 is 10.3 Å². The predicted molar refractivity (Wildman–Crippen MR) is 80.2 cm³/mol. The standard InChI is InChI=1S/C16H17NO3/c1-3-12-5-4-6-13-14(18)9-15(20-16(12)13)17-7-8-19-10-11(17)2/h3-6,9,11H,1,7-8,10H2,2H3/t11-/m1/s1. The van der Waals surface area contributed by atoms with E-state index in [4.69, 9.17) is 9.15 Å². The molecule has 1 saturated heterocycles. The summed E-state index contributed by atoms with van der Waals surface area (Å²) < 4.78 is 11.4. The molecule has 4 nitrogen and oxygen atoms in total. The fraction of sp³-hybridized carbons (Fsp3) is 0.312. The first-order chi connectivity index (χ1) is 9.70. The van der Waals surface area contributed by atoms with Gasteiger partial charge in [-0.15, -0.1) is 0 Å². The summed E-state index contributed by atoms with van der Waals surface area (Å²) in [6.07, 6.45) is 1.71. The molecular weight excluding hydrogens is 254 g/mol. The van der Waals surface area contributed by atoms with E-state index in [1.165, 1.54) is 0 Å². The van der Waals surface area contributed by atoms with Gasteiger partial charge in [-0.1, -0.05) is 24.8 Å². The molecule has 20 heavy (non-hydrogen) atoms. The van der Waals surface area contributed by atoms with Crippen LogP contribution in [-0.4, -0.2) is 25.8 Å². The monoisotopic (exact) mass is 271 g/mol. The van der Waals surface area contributed by atoms with Gasteiger partial charge in [0.1, 0.15) is 5.58 Å². The molecule has 0 spiro atoms. The number of anilines is 1. The number of ether oxygens (including phenoxy) is 1. The zero-order valence-electron chi connectivity index (χ0n) is 11.5. The molecule has 0 N–H and O–H groups in total. The van der Waals surface area contributed by atoms with Gasteiger partial charge in [-0.25, -0.2) is 0 Å². The molecule has 0 unspecified atom stereocenters. The van der Waals surface area contributed by atoms with Gasteiger partial charge in [-0.2, -0.15) is 0 Å². The fourth-order valence-corrected chi connectivity index (χ4v) is 2.54. The Morgan fingerprint density at radius 3 is 3.05 bits per heavy atom. The van der Waals surface area contributed by atoms with E-state index in [9.17, 15) is 4.79 Å². The van der Waals surface area contributed by atoms with Crippen LogP contribution in [0, 0.1) is 0 Å². The second-order valence-corrected chi connectivity index (χ2v) is 4.99. The minimum Gasteiger partial charge on any atom is -0.440 e. The Hall–Kier alpha value is -2.07. The first kappa shape index (κ1) is 12.9. The normalized spacial score (nSPS) is 19.2. The highest BCUT2D eigenvalue weighted by atomic mass is 16.5. The van der Waals surface area contributed by atoms with E-state index < -0.39 is 0 Å². The lowest BCUT2D eigenvalue weighted by molar-refractivity contribution is 0.0967. The van der Waals surface area contributed by atoms with Gasteiger partial charge in [0.25, 0.3) is 0 Å². The molecule has 0 aliphatic carbocycles. The summed E-state index contributed by atoms with van der Waals surface area (Å²) in [5.41, 5.74) is 1.41. The number of hydrogen-bond acceptors (Lipinski definition) is 4. The van der Waals surface area contributed by atoms with Crippen LogP contribution in [0.15, 0.2) is 40.1 Å². The molecule has 0 saturated carbocycles. The zero-order valence-corrected chi connectivity index (χ0v) is 11.5. The van der Waals surface area contributed by atoms with Crippen molar-refractivity contribution in [3.8, 4) is 0 Å². The SMILES string of the molecule is C=Cc1cccc2c(=O)cc(N3CCOC[C@H]3C)oc12. The van der Waals surface area contributed by atoms with Gasteiger partial charge < -0.3 is 14.1 Å². The molecule has 0 amide bonds. The Bertz CT molecular complexity index is 704. The Labute approximate surface area is 117 Å². The summed E-state index contributed by atoms with van der Waals surface area (Å²) in [5.74, 6) is 0.604. The maximum absolute atomic E-state index is 12.3. The molecule has 0 bridgehead atoms. The van der Waals surface area contributed by atoms with Gasteiger partial charge in [-0.3, -0.25) is 4.79 Å². The van der Waals surface area contributed by atoms with Crippen LogP contribution in [-0.2, 0) is 4.74 Å². The second-order valence-electron chi connectivity index (χ2n) is 4.99. The van der Waals surface area contributed by atoms with E-state index >= 15 is 0 Å². The second kappa shape index (κ2) is 5.13. The molecule has 1 aromatic carbocycles. The third kappa shape index (κ3) is 2.12. The minimum absolute atomic E-state index is 0.0244. The van der Waals surface area contributed by atoms with Gasteiger partial charge in [0, 0.05) is 18.2 Å². The average Bonchev–Trinajstić information content (AvgIpc) is 2.47. The number of benzene rings is 1. The maximum Gasteiger partial charge on any atom is 0.200 e. The molecule has 4 heteroatoms. The Morgan fingerprint density at radius 1 is 1.45 bits per heavy atom. The van der Waals surface area contributed by atoms with Crippen LogP contribution in [0.3, 0.4) is 0 Å². The smallest absolute Gasteiger partial charge is 0.200 e. The van der Waals surface area contributed by atoms with E-state index in [1.54, 1.807) is 18.2 Å². The first-order valence-corrected chi connectivity index (χ1v) is 6.74. The molecule has 1 aromatic heterocycles. The van der Waals surface area contributed by atoms with Gasteiger partial charge in [0.05, 0.1) is 24.6 Å². The molecular formula is C16H17NO3. The number of fused-ring (bicyclic) bond motifs is 1. The van der Waals surface area contributed by atoms with Crippen LogP contribution in [0.5, 0.6) is 0 Å². The third-order valence-corrected chi connectivity index (χ3v) is 3.64. The molecule has 1 aliphatic rings. The van der Waals surface area contributed by atoms with Crippen LogP contribution in [0.4, 0.5) is 5.88 Å². The fourth-order valence-electron chi connectivity index (χ4n) is 2.54. The summed E-state index contributed by atoms with van der Waals surface area (Å²) >= 11 is 0. The van der Waals surface area contributed by atoms with Crippen LogP contribution in [0.2, 0.25) is 0 Å². The van der Waals surface area contributed by atoms with Gasteiger partial charge >= 0.3 is 0 Å². The van der Waals surface area contributed by atoms with E-state index in [2.05, 4.69) is 18.4 Å². The van der Waals surface area contributed by atoms with Crippen LogP contribution in [0.1, 0.15) is 12.5 Å². The molecule has 2 heterocycles. The zero-order chi connectivity index (χ0) is 14.1. The van der Waals surface area contributed by atoms with Crippen molar-refractivity contribution in [3.63, 3.8) is 0 Å². The van der Waals surface area contributed by atoms with Crippen molar-refractivity contribution in [1.82, 2.24) is 0 Å². The van der Waals surface area contributed by atoms with E-state index in [0.29, 0.717) is 30.1 Å². The molecule has 3 rings (SSSR count). The number of rotatable bonds is 2. The molecule has 104 valence electrons. The average molecular weight is 271 g/mol. The number of nitrogens with zero attached hydrogens (tertiary/aromatic N) is 1. The van der Waals surface area contributed by atoms with E-state index in [0.717, 1.165) is 12.1 Å². The van der Waals surface area contributed by atoms with Crippen molar-refractivity contribution in [1.29, 1.82) is 0 Å². The minimum atomic E-state index is -0.0244. The predicted octanol–water partition coefficient (Wildman–Crippen LogP) is 2.66. The van der Waals surface area contributed by atoms with Crippen LogP contribution in [0.25, 0.3) is 17.0 Å². The van der Waals surface area contributed by atoms with E-state index in [-0.39, 0.29) is 11.5 Å².